The van der Waals surface area contributed by atoms with Gasteiger partial charge in [-0.3, -0.25) is 4.79 Å². The van der Waals surface area contributed by atoms with Gasteiger partial charge in [0, 0.05) is 6.07 Å². The third-order valence-electron chi connectivity index (χ3n) is 3.07. The minimum Gasteiger partial charge on any atom is -0.481 e. The zero-order valence-corrected chi connectivity index (χ0v) is 13.4. The molecule has 0 aliphatic carbocycles. The molecule has 0 saturated carbocycles. The molecule has 118 valence electrons. The second kappa shape index (κ2) is 7.07. The van der Waals surface area contributed by atoms with Crippen LogP contribution in [0.5, 0.6) is 17.2 Å². The molecule has 3 rings (SSSR count). The van der Waals surface area contributed by atoms with Crippen molar-refractivity contribution in [1.82, 2.24) is 5.32 Å². The molecule has 1 aromatic heterocycles. The van der Waals surface area contributed by atoms with Crippen LogP contribution in [0.2, 0.25) is 0 Å². The van der Waals surface area contributed by atoms with Crippen molar-refractivity contribution in [3.63, 3.8) is 0 Å². The maximum absolute atomic E-state index is 11.8. The average molecular weight is 329 g/mol. The van der Waals surface area contributed by atoms with Crippen LogP contribution >= 0.6 is 11.3 Å². The highest BCUT2D eigenvalue weighted by Crippen LogP contribution is 2.34. The average Bonchev–Trinajstić information content (AvgIpc) is 3.18. The molecule has 0 saturated heterocycles. The molecule has 2 aromatic rings. The largest absolute Gasteiger partial charge is 0.481 e. The lowest BCUT2D eigenvalue weighted by molar-refractivity contribution is 0.0962. The van der Waals surface area contributed by atoms with Gasteiger partial charge >= 0.3 is 0 Å². The Morgan fingerprint density at radius 2 is 2.17 bits per heavy atom. The molecule has 0 atom stereocenters. The van der Waals surface area contributed by atoms with Crippen molar-refractivity contribution >= 4 is 17.2 Å². The van der Waals surface area contributed by atoms with E-state index >= 15 is 0 Å². The minimum atomic E-state index is -0.103. The Bertz CT molecular complexity index is 772. The molecule has 1 aliphatic heterocycles. The van der Waals surface area contributed by atoms with E-state index in [9.17, 15) is 4.79 Å². The molecule has 1 N–H and O–H groups in total. The third-order valence-corrected chi connectivity index (χ3v) is 4.12. The first-order chi connectivity index (χ1) is 11.2. The molecule has 0 spiro atoms. The zero-order valence-electron chi connectivity index (χ0n) is 12.5. The Labute approximate surface area is 138 Å². The van der Waals surface area contributed by atoms with Crippen molar-refractivity contribution in [1.29, 1.82) is 0 Å². The predicted molar refractivity (Wildman–Crippen MR) is 87.2 cm³/mol. The minimum absolute atomic E-state index is 0.103. The van der Waals surface area contributed by atoms with Crippen molar-refractivity contribution in [3.05, 3.63) is 40.1 Å². The molecular weight excluding hydrogens is 314 g/mol. The number of amides is 1. The van der Waals surface area contributed by atoms with Gasteiger partial charge in [0.15, 0.2) is 11.5 Å². The summed E-state index contributed by atoms with van der Waals surface area (Å²) in [4.78, 5) is 12.5. The summed E-state index contributed by atoms with van der Waals surface area (Å²) >= 11 is 1.43. The summed E-state index contributed by atoms with van der Waals surface area (Å²) in [6.45, 7) is 2.73. The number of hydrogen-bond acceptors (Lipinski definition) is 5. The van der Waals surface area contributed by atoms with Gasteiger partial charge in [0.1, 0.15) is 12.4 Å². The molecule has 0 fully saturated rings. The Morgan fingerprint density at radius 3 is 3.00 bits per heavy atom. The summed E-state index contributed by atoms with van der Waals surface area (Å²) in [6.07, 6.45) is 0. The van der Waals surface area contributed by atoms with E-state index in [1.807, 2.05) is 18.4 Å². The number of carbonyl (C=O) groups is 1. The second-order valence-electron chi connectivity index (χ2n) is 4.83. The molecule has 1 aliphatic rings. The van der Waals surface area contributed by atoms with Gasteiger partial charge in [-0.1, -0.05) is 11.8 Å². The number of rotatable bonds is 4. The van der Waals surface area contributed by atoms with Gasteiger partial charge in [-0.05, 0) is 36.1 Å². The van der Waals surface area contributed by atoms with Crippen LogP contribution in [0, 0.1) is 18.8 Å². The first-order valence-electron chi connectivity index (χ1n) is 7.04. The van der Waals surface area contributed by atoms with Gasteiger partial charge in [-0.15, -0.1) is 11.3 Å². The fraction of sp³-hybridized carbons (Fsp3) is 0.235. The highest BCUT2D eigenvalue weighted by Gasteiger charge is 2.13. The number of nitrogens with one attached hydrogen (secondary N) is 1. The van der Waals surface area contributed by atoms with Crippen LogP contribution < -0.4 is 19.5 Å². The summed E-state index contributed by atoms with van der Waals surface area (Å²) in [5.41, 5.74) is 1.09. The van der Waals surface area contributed by atoms with Crippen molar-refractivity contribution in [2.24, 2.45) is 0 Å². The van der Waals surface area contributed by atoms with E-state index in [4.69, 9.17) is 14.2 Å². The van der Waals surface area contributed by atoms with E-state index in [-0.39, 0.29) is 19.3 Å². The molecular formula is C17H15NO4S. The lowest BCUT2D eigenvalue weighted by Crippen LogP contribution is -2.22. The summed E-state index contributed by atoms with van der Waals surface area (Å²) in [5, 5.41) is 4.69. The Hall–Kier alpha value is -2.65. The van der Waals surface area contributed by atoms with Crippen molar-refractivity contribution in [2.75, 3.05) is 19.9 Å². The maximum atomic E-state index is 11.8. The third kappa shape index (κ3) is 3.96. The van der Waals surface area contributed by atoms with Crippen LogP contribution in [0.15, 0.2) is 29.6 Å². The van der Waals surface area contributed by atoms with Crippen LogP contribution in [0.4, 0.5) is 0 Å². The molecule has 1 aromatic carbocycles. The van der Waals surface area contributed by atoms with E-state index in [1.165, 1.54) is 11.3 Å². The Morgan fingerprint density at radius 1 is 1.30 bits per heavy atom. The van der Waals surface area contributed by atoms with E-state index in [2.05, 4.69) is 17.2 Å². The van der Waals surface area contributed by atoms with E-state index < -0.39 is 0 Å². The summed E-state index contributed by atoms with van der Waals surface area (Å²) in [6, 6.07) is 7.23. The Kier molecular flexibility index (Phi) is 4.69. The van der Waals surface area contributed by atoms with Gasteiger partial charge < -0.3 is 19.5 Å². The molecule has 1 amide bonds. The number of benzene rings is 1. The van der Waals surface area contributed by atoms with Gasteiger partial charge in [0.2, 0.25) is 6.79 Å². The van der Waals surface area contributed by atoms with Gasteiger partial charge in [0.25, 0.3) is 5.91 Å². The maximum Gasteiger partial charge on any atom is 0.262 e. The standard InChI is InChI=1S/C17H15NO4S/c1-12-8-16(23-10-12)17(19)18-6-2-3-7-20-13-4-5-14-15(9-13)22-11-21-14/h4-5,8-10H,6-7,11H2,1H3,(H,18,19). The summed E-state index contributed by atoms with van der Waals surface area (Å²) in [5.74, 6) is 7.67. The van der Waals surface area contributed by atoms with E-state index in [0.717, 1.165) is 11.3 Å². The summed E-state index contributed by atoms with van der Waals surface area (Å²) in [7, 11) is 0. The number of aryl methyl sites for hydroxylation is 1. The zero-order chi connectivity index (χ0) is 16.1. The molecule has 5 nitrogen and oxygen atoms in total. The number of fused-ring (bicyclic) bond motifs is 1. The van der Waals surface area contributed by atoms with Gasteiger partial charge in [-0.2, -0.15) is 0 Å². The molecule has 2 heterocycles. The van der Waals surface area contributed by atoms with E-state index in [0.29, 0.717) is 22.9 Å². The number of carbonyl (C=O) groups excluding carboxylic acids is 1. The van der Waals surface area contributed by atoms with Crippen LogP contribution in [0.25, 0.3) is 0 Å². The summed E-state index contributed by atoms with van der Waals surface area (Å²) < 4.78 is 16.0. The Balaban J connectivity index is 1.41. The molecule has 0 radical (unpaired) electrons. The molecule has 6 heteroatoms. The number of ether oxygens (including phenoxy) is 3. The predicted octanol–water partition coefficient (Wildman–Crippen LogP) is 2.60. The normalized spacial score (nSPS) is 11.5. The van der Waals surface area contributed by atoms with Crippen LogP contribution in [0.1, 0.15) is 15.2 Å². The number of thiophene rings is 1. The number of hydrogen-bond donors (Lipinski definition) is 1. The van der Waals surface area contributed by atoms with Crippen LogP contribution in [-0.4, -0.2) is 25.9 Å². The fourth-order valence-electron chi connectivity index (χ4n) is 1.96. The van der Waals surface area contributed by atoms with Crippen molar-refractivity contribution in [3.8, 4) is 29.1 Å². The first kappa shape index (κ1) is 15.3. The molecule has 0 unspecified atom stereocenters. The highest BCUT2D eigenvalue weighted by atomic mass is 32.1. The first-order valence-corrected chi connectivity index (χ1v) is 7.92. The molecule has 0 bridgehead atoms. The van der Waals surface area contributed by atoms with Gasteiger partial charge in [-0.25, -0.2) is 0 Å². The molecule has 23 heavy (non-hydrogen) atoms. The lowest BCUT2D eigenvalue weighted by Gasteiger charge is -2.02. The second-order valence-corrected chi connectivity index (χ2v) is 5.74. The van der Waals surface area contributed by atoms with Crippen LogP contribution in [-0.2, 0) is 0 Å². The SMILES string of the molecule is Cc1csc(C(=O)NCC#CCOc2ccc3c(c2)OCO3)c1. The van der Waals surface area contributed by atoms with Crippen LogP contribution in [0.3, 0.4) is 0 Å². The smallest absolute Gasteiger partial charge is 0.262 e. The highest BCUT2D eigenvalue weighted by molar-refractivity contribution is 7.12. The van der Waals surface area contributed by atoms with Gasteiger partial charge in [0.05, 0.1) is 11.4 Å². The quantitative estimate of drug-likeness (QED) is 0.876. The monoisotopic (exact) mass is 329 g/mol. The fourth-order valence-corrected chi connectivity index (χ4v) is 2.78. The van der Waals surface area contributed by atoms with Crippen molar-refractivity contribution < 1.29 is 19.0 Å². The van der Waals surface area contributed by atoms with E-state index in [1.54, 1.807) is 18.2 Å². The topological polar surface area (TPSA) is 56.8 Å². The lowest BCUT2D eigenvalue weighted by atomic mass is 10.3. The van der Waals surface area contributed by atoms with Crippen molar-refractivity contribution in [2.45, 2.75) is 6.92 Å².